The Balaban J connectivity index is 3.30. The van der Waals surface area contributed by atoms with Crippen LogP contribution in [0.4, 0.5) is 0 Å². The van der Waals surface area contributed by atoms with Crippen molar-refractivity contribution < 1.29 is 4.21 Å². The van der Waals surface area contributed by atoms with Crippen molar-refractivity contribution >= 4 is 11.0 Å². The van der Waals surface area contributed by atoms with Crippen LogP contribution < -0.4 is 5.14 Å². The molecule has 0 saturated heterocycles. The maximum Gasteiger partial charge on any atom is 0.114 e. The zero-order chi connectivity index (χ0) is 4.99. The molecule has 1 unspecified atom stereocenters. The lowest BCUT2D eigenvalue weighted by atomic mass is 10.8. The van der Waals surface area contributed by atoms with Crippen LogP contribution in [0.1, 0.15) is 6.92 Å². The molecule has 1 atom stereocenters. The Bertz CT molecular complexity index is 78.9. The van der Waals surface area contributed by atoms with Crippen molar-refractivity contribution in [1.82, 2.24) is 0 Å². The van der Waals surface area contributed by atoms with E-state index in [9.17, 15) is 4.21 Å². The van der Waals surface area contributed by atoms with Crippen molar-refractivity contribution in [2.45, 2.75) is 6.92 Å². The minimum atomic E-state index is -1.25. The van der Waals surface area contributed by atoms with E-state index in [-0.39, 0.29) is 0 Å². The third-order valence-corrected chi connectivity index (χ3v) is 0.811. The first-order chi connectivity index (χ1) is 2.77. The molecule has 0 aromatic carbocycles. The molecule has 0 aliphatic rings. The van der Waals surface area contributed by atoms with Crippen molar-refractivity contribution in [1.29, 1.82) is 0 Å². The van der Waals surface area contributed by atoms with E-state index in [0.29, 0.717) is 0 Å². The van der Waals surface area contributed by atoms with Gasteiger partial charge in [0.1, 0.15) is 11.0 Å². The van der Waals surface area contributed by atoms with Gasteiger partial charge in [-0.25, -0.2) is 9.35 Å². The summed E-state index contributed by atoms with van der Waals surface area (Å²) in [5, 5.41) is 6.20. The Morgan fingerprint density at radius 1 is 1.83 bits per heavy atom. The molecule has 36 valence electrons. The molecule has 0 heterocycles. The number of nitrogens with two attached hydrogens (primary N) is 1. The molecular weight excluding hydrogens is 98.1 g/mol. The van der Waals surface area contributed by atoms with Crippen LogP contribution in [-0.4, -0.2) is 4.21 Å². The molecule has 0 aliphatic carbocycles. The van der Waals surface area contributed by atoms with Crippen molar-refractivity contribution in [2.24, 2.45) is 5.14 Å². The molecule has 0 rings (SSSR count). The molecule has 0 amide bonds. The van der Waals surface area contributed by atoms with Crippen molar-refractivity contribution in [3.8, 4) is 0 Å². The number of rotatable bonds is 1. The summed E-state index contributed by atoms with van der Waals surface area (Å²) < 4.78 is 9.85. The Kier molecular flexibility index (Phi) is 2.98. The predicted molar refractivity (Wildman–Crippen MR) is 27.1 cm³/mol. The summed E-state index contributed by atoms with van der Waals surface area (Å²) in [4.78, 5) is 0. The highest BCUT2D eigenvalue weighted by molar-refractivity contribution is 7.85. The van der Waals surface area contributed by atoms with E-state index < -0.39 is 11.0 Å². The highest BCUT2D eigenvalue weighted by Crippen LogP contribution is 1.68. The molecule has 0 aliphatic heterocycles. The zero-order valence-electron chi connectivity index (χ0n) is 3.55. The van der Waals surface area contributed by atoms with Crippen LogP contribution in [0.3, 0.4) is 0 Å². The quantitative estimate of drug-likeness (QED) is 0.506. The van der Waals surface area contributed by atoms with Gasteiger partial charge in [0.2, 0.25) is 0 Å². The minimum absolute atomic E-state index is 1.25. The summed E-state index contributed by atoms with van der Waals surface area (Å²) in [5.74, 6) is 0. The Labute approximate surface area is 39.6 Å². The SMILES string of the molecule is C/C=C\S(N)=O. The fraction of sp³-hybridized carbons (Fsp3) is 0.333. The maximum atomic E-state index is 9.85. The summed E-state index contributed by atoms with van der Waals surface area (Å²) in [7, 11) is -1.25. The van der Waals surface area contributed by atoms with E-state index in [1.165, 1.54) is 5.41 Å². The first kappa shape index (κ1) is 5.85. The minimum Gasteiger partial charge on any atom is -0.248 e. The van der Waals surface area contributed by atoms with Gasteiger partial charge in [-0.1, -0.05) is 6.08 Å². The Hall–Kier alpha value is -0.150. The highest BCUT2D eigenvalue weighted by atomic mass is 32.2. The molecule has 0 aromatic rings. The largest absolute Gasteiger partial charge is 0.248 e. The molecule has 0 aromatic heterocycles. The number of allylic oxidation sites excluding steroid dienone is 1. The van der Waals surface area contributed by atoms with E-state index in [1.807, 2.05) is 0 Å². The third-order valence-electron chi connectivity index (χ3n) is 0.270. The summed E-state index contributed by atoms with van der Waals surface area (Å²) in [6.45, 7) is 1.77. The molecule has 0 saturated carbocycles. The lowest BCUT2D eigenvalue weighted by Crippen LogP contribution is -1.95. The average Bonchev–Trinajstić information content (AvgIpc) is 1.35. The van der Waals surface area contributed by atoms with Gasteiger partial charge < -0.3 is 0 Å². The summed E-state index contributed by atoms with van der Waals surface area (Å²) in [6, 6.07) is 0. The zero-order valence-corrected chi connectivity index (χ0v) is 4.37. The van der Waals surface area contributed by atoms with Gasteiger partial charge >= 0.3 is 0 Å². The van der Waals surface area contributed by atoms with Gasteiger partial charge in [-0.2, -0.15) is 0 Å². The van der Waals surface area contributed by atoms with Gasteiger partial charge in [-0.05, 0) is 6.92 Å². The monoisotopic (exact) mass is 105 g/mol. The molecular formula is C3H7NOS. The van der Waals surface area contributed by atoms with Crippen LogP contribution in [-0.2, 0) is 11.0 Å². The molecule has 0 fully saturated rings. The fourth-order valence-corrected chi connectivity index (χ4v) is 0.402. The lowest BCUT2D eigenvalue weighted by molar-refractivity contribution is 0.689. The van der Waals surface area contributed by atoms with Gasteiger partial charge in [-0.3, -0.25) is 0 Å². The molecule has 0 bridgehead atoms. The highest BCUT2D eigenvalue weighted by Gasteiger charge is 1.69. The average molecular weight is 105 g/mol. The fourth-order valence-electron chi connectivity index (χ4n) is 0.134. The molecule has 2 N–H and O–H groups in total. The van der Waals surface area contributed by atoms with Crippen molar-refractivity contribution in [3.63, 3.8) is 0 Å². The lowest BCUT2D eigenvalue weighted by Gasteiger charge is -1.71. The number of hydrogen-bond acceptors (Lipinski definition) is 1. The summed E-state index contributed by atoms with van der Waals surface area (Å²) in [5.41, 5.74) is 0. The van der Waals surface area contributed by atoms with E-state index >= 15 is 0 Å². The van der Waals surface area contributed by atoms with Crippen LogP contribution in [0.25, 0.3) is 0 Å². The third kappa shape index (κ3) is 3.85. The van der Waals surface area contributed by atoms with Crippen molar-refractivity contribution in [2.75, 3.05) is 0 Å². The summed E-state index contributed by atoms with van der Waals surface area (Å²) >= 11 is 0. The normalized spacial score (nSPS) is 15.7. The van der Waals surface area contributed by atoms with E-state index in [4.69, 9.17) is 5.14 Å². The van der Waals surface area contributed by atoms with Gasteiger partial charge in [0.25, 0.3) is 0 Å². The van der Waals surface area contributed by atoms with Gasteiger partial charge in [0.05, 0.1) is 0 Å². The molecule has 3 heteroatoms. The van der Waals surface area contributed by atoms with E-state index in [2.05, 4.69) is 0 Å². The topological polar surface area (TPSA) is 43.1 Å². The maximum absolute atomic E-state index is 9.85. The van der Waals surface area contributed by atoms with Gasteiger partial charge in [0, 0.05) is 5.41 Å². The molecule has 2 nitrogen and oxygen atoms in total. The van der Waals surface area contributed by atoms with Crippen LogP contribution >= 0.6 is 0 Å². The van der Waals surface area contributed by atoms with Gasteiger partial charge in [-0.15, -0.1) is 0 Å². The van der Waals surface area contributed by atoms with Crippen LogP contribution in [0.5, 0.6) is 0 Å². The smallest absolute Gasteiger partial charge is 0.114 e. The molecule has 0 radical (unpaired) electrons. The molecule has 0 spiro atoms. The first-order valence-corrected chi connectivity index (χ1v) is 2.82. The van der Waals surface area contributed by atoms with Gasteiger partial charge in [0.15, 0.2) is 0 Å². The second kappa shape index (κ2) is 3.06. The van der Waals surface area contributed by atoms with Crippen LogP contribution in [0, 0.1) is 0 Å². The van der Waals surface area contributed by atoms with Crippen LogP contribution in [0.15, 0.2) is 11.5 Å². The second-order valence-electron chi connectivity index (χ2n) is 0.798. The first-order valence-electron chi connectivity index (χ1n) is 1.55. The Morgan fingerprint density at radius 2 is 2.33 bits per heavy atom. The second-order valence-corrected chi connectivity index (χ2v) is 1.73. The van der Waals surface area contributed by atoms with Crippen LogP contribution in [0.2, 0.25) is 0 Å². The molecule has 6 heavy (non-hydrogen) atoms. The van der Waals surface area contributed by atoms with E-state index in [1.54, 1.807) is 13.0 Å². The van der Waals surface area contributed by atoms with Crippen molar-refractivity contribution in [3.05, 3.63) is 11.5 Å². The van der Waals surface area contributed by atoms with E-state index in [0.717, 1.165) is 0 Å². The standard InChI is InChI=1S/C3H7NOS/c1-2-3-6(4)5/h2-3H,4H2,1H3/b3-2-. The predicted octanol–water partition coefficient (Wildman–Crippen LogP) is 0.142. The Morgan fingerprint density at radius 3 is 2.33 bits per heavy atom. The number of hydrogen-bond donors (Lipinski definition) is 1. The summed E-state index contributed by atoms with van der Waals surface area (Å²) in [6.07, 6.45) is 1.65.